The number of anilines is 3. The third-order valence-electron chi connectivity index (χ3n) is 7.59. The van der Waals surface area contributed by atoms with Gasteiger partial charge in [0.2, 0.25) is 0 Å². The number of aromatic hydroxyl groups is 2. The molecule has 46 heavy (non-hydrogen) atoms. The fourth-order valence-electron chi connectivity index (χ4n) is 4.84. The van der Waals surface area contributed by atoms with E-state index in [1.54, 1.807) is 12.1 Å². The van der Waals surface area contributed by atoms with Gasteiger partial charge >= 0.3 is 7.82 Å². The molecule has 3 rings (SSSR count). The van der Waals surface area contributed by atoms with E-state index in [1.807, 2.05) is 26.8 Å². The zero-order valence-corrected chi connectivity index (χ0v) is 29.1. The van der Waals surface area contributed by atoms with Crippen LogP contribution in [-0.4, -0.2) is 35.9 Å². The predicted molar refractivity (Wildman–Crippen MR) is 187 cm³/mol. The Morgan fingerprint density at radius 1 is 0.870 bits per heavy atom. The highest BCUT2D eigenvalue weighted by Gasteiger charge is 2.33. The summed E-state index contributed by atoms with van der Waals surface area (Å²) >= 11 is 0. The largest absolute Gasteiger partial charge is 0.530 e. The predicted octanol–water partition coefficient (Wildman–Crippen LogP) is 10.3. The van der Waals surface area contributed by atoms with Gasteiger partial charge < -0.3 is 25.0 Å². The van der Waals surface area contributed by atoms with Crippen LogP contribution in [0.4, 0.5) is 17.1 Å². The number of benzene rings is 2. The minimum absolute atomic E-state index is 0.0248. The van der Waals surface area contributed by atoms with Crippen LogP contribution in [0.3, 0.4) is 0 Å². The second-order valence-electron chi connectivity index (χ2n) is 11.9. The molecule has 2 aromatic carbocycles. The molecule has 1 aliphatic heterocycles. The molecule has 0 fully saturated rings. The summed E-state index contributed by atoms with van der Waals surface area (Å²) in [4.78, 5) is 15.5. The maximum atomic E-state index is 14.0. The number of amides is 1. The van der Waals surface area contributed by atoms with Gasteiger partial charge in [-0.3, -0.25) is 13.8 Å². The maximum Gasteiger partial charge on any atom is 0.530 e. The molecule has 0 aromatic heterocycles. The molecule has 0 radical (unpaired) electrons. The number of hydrogen-bond acceptors (Lipinski definition) is 8. The number of nitrogens with one attached hydrogen (secondary N) is 1. The van der Waals surface area contributed by atoms with Gasteiger partial charge in [0.05, 0.1) is 30.2 Å². The molecule has 3 N–H and O–H groups in total. The number of para-hydroxylation sites is 1. The summed E-state index contributed by atoms with van der Waals surface area (Å²) in [6, 6.07) is 7.52. The molecular formula is C36H51N2O7P. The second kappa shape index (κ2) is 18.0. The van der Waals surface area contributed by atoms with E-state index in [4.69, 9.17) is 13.6 Å². The lowest BCUT2D eigenvalue weighted by molar-refractivity contribution is 0.0990. The first-order valence-electron chi connectivity index (χ1n) is 16.3. The van der Waals surface area contributed by atoms with Crippen LogP contribution >= 0.6 is 7.82 Å². The lowest BCUT2D eigenvalue weighted by atomic mass is 10.1. The van der Waals surface area contributed by atoms with Crippen molar-refractivity contribution in [3.63, 3.8) is 0 Å². The van der Waals surface area contributed by atoms with Gasteiger partial charge in [-0.05, 0) is 78.4 Å². The molecule has 0 spiro atoms. The summed E-state index contributed by atoms with van der Waals surface area (Å²) < 4.78 is 30.6. The zero-order valence-electron chi connectivity index (χ0n) is 28.2. The Bertz CT molecular complexity index is 1460. The first kappa shape index (κ1) is 36.9. The van der Waals surface area contributed by atoms with Crippen LogP contribution in [0.5, 0.6) is 17.2 Å². The maximum absolute atomic E-state index is 14.0. The average Bonchev–Trinajstić information content (AvgIpc) is 3.11. The fraction of sp³-hybridized carbons (Fsp3) is 0.472. The molecule has 0 bridgehead atoms. The van der Waals surface area contributed by atoms with E-state index in [0.29, 0.717) is 18.5 Å². The number of allylic oxidation sites excluding steroid dienone is 5. The molecule has 0 aliphatic carbocycles. The van der Waals surface area contributed by atoms with Crippen molar-refractivity contribution in [1.82, 2.24) is 0 Å². The standard InChI is InChI=1S/C36H51N2O7P/c1-7-9-22-43-46(42,44-23-10-8-2)45-29-24-31-35(33(40)25-29)37-34-30(18-13-19-32(34)39)36(41)38(31)21-20-28(6)17-12-16-27(5)15-11-14-26(3)4/h13-14,16,18-20,24-25,37,39-40H,7-12,15,17,21-23H2,1-6H3/b27-16+,28-20+. The lowest BCUT2D eigenvalue weighted by Gasteiger charge is -2.24. The molecule has 0 atom stereocenters. The molecule has 1 amide bonds. The lowest BCUT2D eigenvalue weighted by Crippen LogP contribution is -2.30. The number of phosphoric ester groups is 1. The number of carbonyl (C=O) groups excluding carboxylic acids is 1. The first-order chi connectivity index (χ1) is 22.0. The van der Waals surface area contributed by atoms with Crippen LogP contribution in [0.15, 0.2) is 65.3 Å². The van der Waals surface area contributed by atoms with E-state index in [9.17, 15) is 19.6 Å². The zero-order chi connectivity index (χ0) is 33.7. The molecule has 9 nitrogen and oxygen atoms in total. The van der Waals surface area contributed by atoms with Crippen molar-refractivity contribution in [2.24, 2.45) is 0 Å². The van der Waals surface area contributed by atoms with Crippen LogP contribution in [0, 0.1) is 0 Å². The van der Waals surface area contributed by atoms with Crippen LogP contribution < -0.4 is 14.7 Å². The Balaban J connectivity index is 1.93. The topological polar surface area (TPSA) is 118 Å². The highest BCUT2D eigenvalue weighted by molar-refractivity contribution is 7.48. The Labute approximate surface area is 274 Å². The normalized spacial score (nSPS) is 13.5. The van der Waals surface area contributed by atoms with Gasteiger partial charge in [0, 0.05) is 18.7 Å². The van der Waals surface area contributed by atoms with E-state index >= 15 is 0 Å². The fourth-order valence-corrected chi connectivity index (χ4v) is 6.09. The van der Waals surface area contributed by atoms with Crippen molar-refractivity contribution in [3.8, 4) is 17.2 Å². The van der Waals surface area contributed by atoms with Gasteiger partial charge in [-0.2, -0.15) is 0 Å². The monoisotopic (exact) mass is 654 g/mol. The summed E-state index contributed by atoms with van der Waals surface area (Å²) in [6.07, 6.45) is 13.3. The van der Waals surface area contributed by atoms with Crippen molar-refractivity contribution in [1.29, 1.82) is 0 Å². The number of fused-ring (bicyclic) bond motifs is 2. The summed E-state index contributed by atoms with van der Waals surface area (Å²) in [7, 11) is -4.03. The van der Waals surface area contributed by atoms with Gasteiger partial charge in [-0.1, -0.05) is 67.7 Å². The summed E-state index contributed by atoms with van der Waals surface area (Å²) in [6.45, 7) is 13.0. The smallest absolute Gasteiger partial charge is 0.506 e. The number of hydrogen-bond donors (Lipinski definition) is 3. The van der Waals surface area contributed by atoms with Gasteiger partial charge in [0.25, 0.3) is 5.91 Å². The van der Waals surface area contributed by atoms with Crippen molar-refractivity contribution in [2.75, 3.05) is 30.0 Å². The summed E-state index contributed by atoms with van der Waals surface area (Å²) in [5.41, 5.74) is 4.71. The van der Waals surface area contributed by atoms with Crippen molar-refractivity contribution in [3.05, 3.63) is 70.8 Å². The number of carbonyl (C=O) groups is 1. The summed E-state index contributed by atoms with van der Waals surface area (Å²) in [5.74, 6) is -0.745. The highest BCUT2D eigenvalue weighted by atomic mass is 31.2. The Morgan fingerprint density at radius 3 is 2.13 bits per heavy atom. The molecule has 10 heteroatoms. The van der Waals surface area contributed by atoms with E-state index in [-0.39, 0.29) is 59.9 Å². The van der Waals surface area contributed by atoms with Gasteiger partial charge in [0.15, 0.2) is 0 Å². The number of phosphoric acid groups is 1. The quantitative estimate of drug-likeness (QED) is 0.0629. The number of nitrogens with zero attached hydrogens (tertiary/aromatic N) is 1. The van der Waals surface area contributed by atoms with Crippen LogP contribution in [0.2, 0.25) is 0 Å². The van der Waals surface area contributed by atoms with Crippen LogP contribution in [0.25, 0.3) is 0 Å². The molecule has 1 aliphatic rings. The minimum atomic E-state index is -4.03. The van der Waals surface area contributed by atoms with E-state index in [2.05, 4.69) is 38.2 Å². The molecule has 0 unspecified atom stereocenters. The Kier molecular flexibility index (Phi) is 14.4. The number of unbranched alkanes of at least 4 members (excludes halogenated alkanes) is 2. The second-order valence-corrected chi connectivity index (χ2v) is 13.5. The van der Waals surface area contributed by atoms with Crippen LogP contribution in [0.1, 0.15) is 103 Å². The third kappa shape index (κ3) is 10.8. The molecule has 2 aromatic rings. The average molecular weight is 655 g/mol. The highest BCUT2D eigenvalue weighted by Crippen LogP contribution is 2.53. The number of phenols is 2. The third-order valence-corrected chi connectivity index (χ3v) is 9.02. The van der Waals surface area contributed by atoms with Crippen molar-refractivity contribution < 1.29 is 33.1 Å². The first-order valence-corrected chi connectivity index (χ1v) is 17.7. The van der Waals surface area contributed by atoms with E-state index in [1.165, 1.54) is 34.2 Å². The molecule has 1 heterocycles. The Hall–Kier alpha value is -3.52. The van der Waals surface area contributed by atoms with Crippen molar-refractivity contribution >= 4 is 30.8 Å². The van der Waals surface area contributed by atoms with E-state index in [0.717, 1.165) is 44.1 Å². The molecule has 252 valence electrons. The van der Waals surface area contributed by atoms with E-state index < -0.39 is 7.82 Å². The summed E-state index contributed by atoms with van der Waals surface area (Å²) in [5, 5.41) is 24.9. The van der Waals surface area contributed by atoms with Gasteiger partial charge in [0.1, 0.15) is 22.9 Å². The molecule has 0 saturated carbocycles. The Morgan fingerprint density at radius 2 is 1.50 bits per heavy atom. The minimum Gasteiger partial charge on any atom is -0.506 e. The SMILES string of the molecule is CCCCOP(=O)(OCCCC)Oc1cc(O)c2c(c1)N(C/C=C(\C)CC/C=C(\C)CCC=C(C)C)C(=O)c1cccc(O)c1N2. The molecular weight excluding hydrogens is 603 g/mol. The van der Waals surface area contributed by atoms with Gasteiger partial charge in [-0.25, -0.2) is 4.57 Å². The van der Waals surface area contributed by atoms with Gasteiger partial charge in [-0.15, -0.1) is 0 Å². The van der Waals surface area contributed by atoms with Crippen LogP contribution in [-0.2, 0) is 13.6 Å². The molecule has 0 saturated heterocycles. The van der Waals surface area contributed by atoms with Crippen molar-refractivity contribution in [2.45, 2.75) is 92.9 Å². The number of phenolic OH excluding ortho intramolecular Hbond substituents is 2. The number of rotatable bonds is 18.